The molecule has 6 heteroatoms. The van der Waals surface area contributed by atoms with Gasteiger partial charge in [-0.3, -0.25) is 19.3 Å². The number of halogens is 1. The molecule has 0 saturated carbocycles. The molecule has 106 valence electrons. The first-order valence-corrected chi connectivity index (χ1v) is 7.14. The standard InChI is InChI=1S/C14H15BrN2O3/c1-3-16(2)12(18)6-7-17-13(19)10-5-4-9(15)8-11(10)14(17)20/h4-5,8H,3,6-7H2,1-2H3. The number of hydrogen-bond acceptors (Lipinski definition) is 3. The smallest absolute Gasteiger partial charge is 0.261 e. The average Bonchev–Trinajstić information content (AvgIpc) is 2.67. The molecular weight excluding hydrogens is 324 g/mol. The predicted octanol–water partition coefficient (Wildman–Crippen LogP) is 1.91. The van der Waals surface area contributed by atoms with E-state index in [9.17, 15) is 14.4 Å². The number of hydrogen-bond donors (Lipinski definition) is 0. The molecule has 1 aliphatic heterocycles. The summed E-state index contributed by atoms with van der Waals surface area (Å²) in [4.78, 5) is 38.7. The number of carbonyl (C=O) groups is 3. The van der Waals surface area contributed by atoms with Crippen LogP contribution in [0.4, 0.5) is 0 Å². The fourth-order valence-corrected chi connectivity index (χ4v) is 2.40. The topological polar surface area (TPSA) is 57.7 Å². The zero-order valence-corrected chi connectivity index (χ0v) is 12.9. The molecule has 0 atom stereocenters. The third kappa shape index (κ3) is 2.60. The number of fused-ring (bicyclic) bond motifs is 1. The number of imide groups is 1. The number of amides is 3. The molecule has 2 rings (SSSR count). The summed E-state index contributed by atoms with van der Waals surface area (Å²) in [6.45, 7) is 2.60. The lowest BCUT2D eigenvalue weighted by Crippen LogP contribution is -2.35. The predicted molar refractivity (Wildman–Crippen MR) is 77.4 cm³/mol. The molecule has 1 aromatic carbocycles. The Balaban J connectivity index is 2.11. The zero-order chi connectivity index (χ0) is 14.9. The highest BCUT2D eigenvalue weighted by Gasteiger charge is 2.35. The van der Waals surface area contributed by atoms with Crippen molar-refractivity contribution in [2.24, 2.45) is 0 Å². The minimum absolute atomic E-state index is 0.0785. The van der Waals surface area contributed by atoms with Crippen LogP contribution in [0.1, 0.15) is 34.1 Å². The normalized spacial score (nSPS) is 13.7. The molecule has 0 fully saturated rings. The Labute approximate surface area is 125 Å². The van der Waals surface area contributed by atoms with Gasteiger partial charge in [-0.05, 0) is 25.1 Å². The molecule has 0 unspecified atom stereocenters. The van der Waals surface area contributed by atoms with Crippen LogP contribution in [0.5, 0.6) is 0 Å². The van der Waals surface area contributed by atoms with Crippen LogP contribution in [0.25, 0.3) is 0 Å². The minimum atomic E-state index is -0.335. The van der Waals surface area contributed by atoms with Gasteiger partial charge in [0, 0.05) is 31.0 Å². The van der Waals surface area contributed by atoms with Crippen molar-refractivity contribution >= 4 is 33.7 Å². The van der Waals surface area contributed by atoms with E-state index in [0.717, 1.165) is 9.37 Å². The van der Waals surface area contributed by atoms with Crippen molar-refractivity contribution in [2.45, 2.75) is 13.3 Å². The highest BCUT2D eigenvalue weighted by Crippen LogP contribution is 2.26. The van der Waals surface area contributed by atoms with Crippen molar-refractivity contribution in [3.63, 3.8) is 0 Å². The number of carbonyl (C=O) groups excluding carboxylic acids is 3. The Hall–Kier alpha value is -1.69. The lowest BCUT2D eigenvalue weighted by atomic mass is 10.1. The average molecular weight is 339 g/mol. The molecular formula is C14H15BrN2O3. The van der Waals surface area contributed by atoms with Crippen molar-refractivity contribution in [1.29, 1.82) is 0 Å². The van der Waals surface area contributed by atoms with Crippen molar-refractivity contribution in [3.8, 4) is 0 Å². The fraction of sp³-hybridized carbons (Fsp3) is 0.357. The summed E-state index contributed by atoms with van der Waals surface area (Å²) in [5.74, 6) is -0.743. The summed E-state index contributed by atoms with van der Waals surface area (Å²) in [6.07, 6.45) is 0.150. The van der Waals surface area contributed by atoms with Gasteiger partial charge in [0.15, 0.2) is 0 Å². The lowest BCUT2D eigenvalue weighted by molar-refractivity contribution is -0.129. The Morgan fingerprint density at radius 2 is 1.90 bits per heavy atom. The second-order valence-corrected chi connectivity index (χ2v) is 5.53. The van der Waals surface area contributed by atoms with E-state index in [-0.39, 0.29) is 30.7 Å². The maximum Gasteiger partial charge on any atom is 0.261 e. The minimum Gasteiger partial charge on any atom is -0.346 e. The van der Waals surface area contributed by atoms with Crippen LogP contribution in [0.15, 0.2) is 22.7 Å². The van der Waals surface area contributed by atoms with E-state index in [4.69, 9.17) is 0 Å². The second kappa shape index (κ2) is 5.75. The van der Waals surface area contributed by atoms with Crippen molar-refractivity contribution in [3.05, 3.63) is 33.8 Å². The molecule has 0 N–H and O–H groups in total. The van der Waals surface area contributed by atoms with Crippen LogP contribution < -0.4 is 0 Å². The first kappa shape index (κ1) is 14.7. The van der Waals surface area contributed by atoms with Crippen LogP contribution in [0, 0.1) is 0 Å². The summed E-state index contributed by atoms with van der Waals surface area (Å²) in [6, 6.07) is 4.98. The maximum absolute atomic E-state index is 12.2. The van der Waals surface area contributed by atoms with Crippen molar-refractivity contribution in [1.82, 2.24) is 9.80 Å². The van der Waals surface area contributed by atoms with Gasteiger partial charge in [0.05, 0.1) is 11.1 Å². The summed E-state index contributed by atoms with van der Waals surface area (Å²) >= 11 is 3.28. The first-order chi connectivity index (χ1) is 9.45. The Bertz CT molecular complexity index is 586. The second-order valence-electron chi connectivity index (χ2n) is 4.61. The summed E-state index contributed by atoms with van der Waals surface area (Å²) in [5.41, 5.74) is 0.787. The van der Waals surface area contributed by atoms with Gasteiger partial charge in [0.2, 0.25) is 5.91 Å². The van der Waals surface area contributed by atoms with Crippen LogP contribution in [-0.4, -0.2) is 47.7 Å². The zero-order valence-electron chi connectivity index (χ0n) is 11.4. The van der Waals surface area contributed by atoms with Gasteiger partial charge in [-0.1, -0.05) is 15.9 Å². The van der Waals surface area contributed by atoms with E-state index >= 15 is 0 Å². The van der Waals surface area contributed by atoms with Gasteiger partial charge in [-0.15, -0.1) is 0 Å². The van der Waals surface area contributed by atoms with Gasteiger partial charge < -0.3 is 4.90 Å². The highest BCUT2D eigenvalue weighted by atomic mass is 79.9. The van der Waals surface area contributed by atoms with E-state index < -0.39 is 0 Å². The van der Waals surface area contributed by atoms with Crippen molar-refractivity contribution < 1.29 is 14.4 Å². The summed E-state index contributed by atoms with van der Waals surface area (Å²) in [7, 11) is 1.70. The summed E-state index contributed by atoms with van der Waals surface area (Å²) in [5, 5.41) is 0. The first-order valence-electron chi connectivity index (χ1n) is 6.35. The Morgan fingerprint density at radius 3 is 2.55 bits per heavy atom. The molecule has 0 radical (unpaired) electrons. The Kier molecular flexibility index (Phi) is 4.23. The largest absolute Gasteiger partial charge is 0.346 e. The van der Waals surface area contributed by atoms with Crippen LogP contribution >= 0.6 is 15.9 Å². The SMILES string of the molecule is CCN(C)C(=O)CCN1C(=O)c2ccc(Br)cc2C1=O. The van der Waals surface area contributed by atoms with E-state index in [1.165, 1.54) is 0 Å². The maximum atomic E-state index is 12.2. The number of benzene rings is 1. The molecule has 1 aromatic rings. The molecule has 0 bridgehead atoms. The van der Waals surface area contributed by atoms with Crippen LogP contribution in [0.3, 0.4) is 0 Å². The van der Waals surface area contributed by atoms with Crippen LogP contribution in [0.2, 0.25) is 0 Å². The van der Waals surface area contributed by atoms with Crippen LogP contribution in [-0.2, 0) is 4.79 Å². The third-order valence-electron chi connectivity index (χ3n) is 3.38. The molecule has 1 aliphatic rings. The van der Waals surface area contributed by atoms with E-state index in [1.54, 1.807) is 30.1 Å². The van der Waals surface area contributed by atoms with E-state index in [0.29, 0.717) is 17.7 Å². The fourth-order valence-electron chi connectivity index (χ4n) is 2.04. The molecule has 0 spiro atoms. The monoisotopic (exact) mass is 338 g/mol. The van der Waals surface area contributed by atoms with Gasteiger partial charge in [0.25, 0.3) is 11.8 Å². The quantitative estimate of drug-likeness (QED) is 0.788. The van der Waals surface area contributed by atoms with E-state index in [2.05, 4.69) is 15.9 Å². The van der Waals surface area contributed by atoms with Gasteiger partial charge >= 0.3 is 0 Å². The molecule has 5 nitrogen and oxygen atoms in total. The van der Waals surface area contributed by atoms with Gasteiger partial charge in [-0.2, -0.15) is 0 Å². The highest BCUT2D eigenvalue weighted by molar-refractivity contribution is 9.10. The van der Waals surface area contributed by atoms with Gasteiger partial charge in [0.1, 0.15) is 0 Å². The Morgan fingerprint density at radius 1 is 1.25 bits per heavy atom. The third-order valence-corrected chi connectivity index (χ3v) is 3.88. The van der Waals surface area contributed by atoms with Gasteiger partial charge in [-0.25, -0.2) is 0 Å². The molecule has 0 aromatic heterocycles. The van der Waals surface area contributed by atoms with Crippen molar-refractivity contribution in [2.75, 3.05) is 20.1 Å². The summed E-state index contributed by atoms with van der Waals surface area (Å²) < 4.78 is 0.751. The molecule has 0 saturated heterocycles. The molecule has 0 aliphatic carbocycles. The lowest BCUT2D eigenvalue weighted by Gasteiger charge is -2.17. The van der Waals surface area contributed by atoms with E-state index in [1.807, 2.05) is 6.92 Å². The number of nitrogens with zero attached hydrogens (tertiary/aromatic N) is 2. The molecule has 1 heterocycles. The molecule has 20 heavy (non-hydrogen) atoms. The number of rotatable bonds is 4. The molecule has 3 amide bonds.